The van der Waals surface area contributed by atoms with E-state index in [9.17, 15) is 0 Å². The zero-order valence-electron chi connectivity index (χ0n) is 5.55. The Bertz CT molecular complexity index is 35.7. The minimum Gasteiger partial charge on any atom is -0.147 e. The molecule has 0 aromatic carbocycles. The number of halogens is 2. The van der Waals surface area contributed by atoms with Crippen LogP contribution in [0.5, 0.6) is 0 Å². The smallest absolute Gasteiger partial charge is 0.147 e. The van der Waals surface area contributed by atoms with E-state index in [1.54, 1.807) is 0 Å². The minimum atomic E-state index is -0.999. The number of rotatable bonds is 4. The molecule has 0 aromatic heterocycles. The molecule has 0 radical (unpaired) electrons. The summed E-state index contributed by atoms with van der Waals surface area (Å²) in [7, 11) is 0. The van der Waals surface area contributed by atoms with Crippen molar-refractivity contribution < 1.29 is 29.5 Å². The molecule has 0 N–H and O–H groups in total. The van der Waals surface area contributed by atoms with Crippen molar-refractivity contribution in [3.05, 3.63) is 0 Å². The van der Waals surface area contributed by atoms with Crippen molar-refractivity contribution in [2.24, 2.45) is 0 Å². The third kappa shape index (κ3) is 17.6. The fourth-order valence-corrected chi connectivity index (χ4v) is 1.31. The van der Waals surface area contributed by atoms with Crippen LogP contribution in [0.3, 0.4) is 0 Å². The van der Waals surface area contributed by atoms with Gasteiger partial charge in [-0.05, 0) is 0 Å². The van der Waals surface area contributed by atoms with E-state index in [0.717, 1.165) is 13.2 Å². The standard InChI is InChI=1S/2C2H5O.2ClH.Hf/c2*1-2-3;;;/h2*2H2,1H3;2*1H;/q2*-1;;;+2. The van der Waals surface area contributed by atoms with Gasteiger partial charge >= 0.3 is 56.5 Å². The van der Waals surface area contributed by atoms with Gasteiger partial charge in [-0.3, -0.25) is 0 Å². The molecule has 0 amide bonds. The third-order valence-electron chi connectivity index (χ3n) is 0.407. The predicted octanol–water partition coefficient (Wildman–Crippen LogP) is 1.82. The first-order chi connectivity index (χ1) is 3.41. The van der Waals surface area contributed by atoms with Crippen molar-refractivity contribution in [1.82, 2.24) is 0 Å². The molecule has 0 aliphatic heterocycles. The fourth-order valence-electron chi connectivity index (χ4n) is 0.160. The summed E-state index contributed by atoms with van der Waals surface area (Å²) in [6.45, 7) is 5.63. The third-order valence-corrected chi connectivity index (χ3v) is 3.33. The van der Waals surface area contributed by atoms with E-state index in [2.05, 4.69) is 0 Å². The maximum Gasteiger partial charge on any atom is -0.147 e. The Labute approximate surface area is 81.1 Å². The van der Waals surface area contributed by atoms with Crippen LogP contribution < -0.4 is 0 Å². The second kappa shape index (κ2) is 16.2. The first-order valence-electron chi connectivity index (χ1n) is 2.40. The molecule has 0 atom stereocenters. The normalized spacial score (nSPS) is 6.89. The maximum absolute atomic E-state index is 5.05. The van der Waals surface area contributed by atoms with E-state index in [4.69, 9.17) is 5.71 Å². The Morgan fingerprint density at radius 3 is 1.56 bits per heavy atom. The van der Waals surface area contributed by atoms with Crippen LogP contribution in [-0.4, -0.2) is 13.2 Å². The van der Waals surface area contributed by atoms with Gasteiger partial charge in [-0.2, -0.15) is 0 Å². The van der Waals surface area contributed by atoms with E-state index >= 15 is 0 Å². The van der Waals surface area contributed by atoms with Crippen LogP contribution in [-0.2, 0) is 29.5 Å². The van der Waals surface area contributed by atoms with Crippen molar-refractivity contribution in [3.8, 4) is 0 Å². The first-order valence-corrected chi connectivity index (χ1v) is 5.33. The van der Waals surface area contributed by atoms with Gasteiger partial charge in [-0.25, -0.2) is 0 Å². The van der Waals surface area contributed by atoms with Crippen LogP contribution in [0.4, 0.5) is 0 Å². The summed E-state index contributed by atoms with van der Waals surface area (Å²) in [5.41, 5.74) is 0. The van der Waals surface area contributed by atoms with Crippen LogP contribution in [0.25, 0.3) is 0 Å². The first kappa shape index (κ1) is 16.8. The Hall–Kier alpha value is 1.37. The predicted molar refractivity (Wildman–Crippen MR) is 37.7 cm³/mol. The van der Waals surface area contributed by atoms with Crippen LogP contribution in [0.1, 0.15) is 13.8 Å². The molecule has 0 rings (SSSR count). The summed E-state index contributed by atoms with van der Waals surface area (Å²) in [5, 5.41) is 0. The SMILES string of the molecule is CC[O][Hf][O]CC.Cl.Cl. The van der Waals surface area contributed by atoms with Crippen LogP contribution in [0.15, 0.2) is 0 Å². The van der Waals surface area contributed by atoms with Crippen molar-refractivity contribution >= 4 is 24.8 Å². The average Bonchev–Trinajstić information content (AvgIpc) is 1.69. The van der Waals surface area contributed by atoms with E-state index in [1.165, 1.54) is 0 Å². The van der Waals surface area contributed by atoms with Crippen LogP contribution in [0.2, 0.25) is 0 Å². The molecule has 0 unspecified atom stereocenters. The molecule has 0 saturated carbocycles. The van der Waals surface area contributed by atoms with Gasteiger partial charge in [-0.1, -0.05) is 0 Å². The molecule has 2 nitrogen and oxygen atoms in total. The molecule has 0 fully saturated rings. The summed E-state index contributed by atoms with van der Waals surface area (Å²) in [4.78, 5) is 0. The Morgan fingerprint density at radius 1 is 1.00 bits per heavy atom. The average molecular weight is 342 g/mol. The van der Waals surface area contributed by atoms with E-state index in [1.807, 2.05) is 13.8 Å². The largest absolute Gasteiger partial charge is 0.147 e. The van der Waals surface area contributed by atoms with Gasteiger partial charge in [0.15, 0.2) is 0 Å². The molecular formula is C4H12Cl2HfO2. The summed E-state index contributed by atoms with van der Waals surface area (Å²) < 4.78 is 10.1. The Kier molecular flexibility index (Phi) is 30.1. The topological polar surface area (TPSA) is 18.5 Å². The fraction of sp³-hybridized carbons (Fsp3) is 1.00. The molecule has 58 valence electrons. The molecular weight excluding hydrogens is 329 g/mol. The van der Waals surface area contributed by atoms with E-state index < -0.39 is 23.8 Å². The summed E-state index contributed by atoms with van der Waals surface area (Å²) in [6, 6.07) is 0. The second-order valence-electron chi connectivity index (χ2n) is 0.949. The Morgan fingerprint density at radius 2 is 1.33 bits per heavy atom. The van der Waals surface area contributed by atoms with Gasteiger partial charge in [0.1, 0.15) is 0 Å². The van der Waals surface area contributed by atoms with E-state index in [-0.39, 0.29) is 24.8 Å². The molecule has 0 heterocycles. The quantitative estimate of drug-likeness (QED) is 0.574. The minimum absolute atomic E-state index is 0. The number of hydrogen-bond acceptors (Lipinski definition) is 2. The molecule has 0 aliphatic carbocycles. The van der Waals surface area contributed by atoms with Gasteiger partial charge in [0.25, 0.3) is 0 Å². The van der Waals surface area contributed by atoms with E-state index in [0.29, 0.717) is 0 Å². The molecule has 9 heavy (non-hydrogen) atoms. The zero-order valence-corrected chi connectivity index (χ0v) is 10.8. The van der Waals surface area contributed by atoms with Gasteiger partial charge in [-0.15, -0.1) is 24.8 Å². The maximum atomic E-state index is 5.05. The molecule has 0 aliphatic rings. The van der Waals surface area contributed by atoms with Gasteiger partial charge in [0.2, 0.25) is 0 Å². The van der Waals surface area contributed by atoms with Crippen LogP contribution >= 0.6 is 24.8 Å². The van der Waals surface area contributed by atoms with Crippen molar-refractivity contribution in [2.75, 3.05) is 13.2 Å². The summed E-state index contributed by atoms with van der Waals surface area (Å²) >= 11 is -0.999. The summed E-state index contributed by atoms with van der Waals surface area (Å²) in [5.74, 6) is 0. The molecule has 0 saturated heterocycles. The molecule has 0 spiro atoms. The summed E-state index contributed by atoms with van der Waals surface area (Å²) in [6.07, 6.45) is 0. The Balaban J connectivity index is -0.000000180. The monoisotopic (exact) mass is 342 g/mol. The molecule has 0 bridgehead atoms. The second-order valence-corrected chi connectivity index (χ2v) is 3.62. The van der Waals surface area contributed by atoms with Gasteiger partial charge < -0.3 is 0 Å². The molecule has 5 heteroatoms. The van der Waals surface area contributed by atoms with Gasteiger partial charge in [0, 0.05) is 0 Å². The zero-order chi connectivity index (χ0) is 5.54. The van der Waals surface area contributed by atoms with Crippen molar-refractivity contribution in [1.29, 1.82) is 0 Å². The van der Waals surface area contributed by atoms with Gasteiger partial charge in [0.05, 0.1) is 0 Å². The van der Waals surface area contributed by atoms with Crippen LogP contribution in [0, 0.1) is 0 Å². The van der Waals surface area contributed by atoms with Crippen molar-refractivity contribution in [2.45, 2.75) is 13.8 Å². The molecule has 0 aromatic rings. The number of hydrogen-bond donors (Lipinski definition) is 0. The van der Waals surface area contributed by atoms with Crippen molar-refractivity contribution in [3.63, 3.8) is 0 Å².